The number of fused-ring (bicyclic) bond motifs is 1. The van der Waals surface area contributed by atoms with Crippen molar-refractivity contribution in [3.05, 3.63) is 40.7 Å². The first-order chi connectivity index (χ1) is 12.8. The smallest absolute Gasteiger partial charge is 0.333 e. The summed E-state index contributed by atoms with van der Waals surface area (Å²) in [5.41, 5.74) is 2.51. The predicted molar refractivity (Wildman–Crippen MR) is 93.8 cm³/mol. The fourth-order valence-electron chi connectivity index (χ4n) is 3.05. The molecule has 1 aliphatic rings. The quantitative estimate of drug-likeness (QED) is 0.838. The number of hydrogen-bond acceptors (Lipinski definition) is 4. The van der Waals surface area contributed by atoms with Crippen LogP contribution < -0.4 is 15.4 Å². The average molecular weight is 378 g/mol. The minimum absolute atomic E-state index is 0.0242. The molecule has 1 unspecified atom stereocenters. The lowest BCUT2D eigenvalue weighted by atomic mass is 10.1. The van der Waals surface area contributed by atoms with E-state index in [1.807, 2.05) is 0 Å². The Bertz CT molecular complexity index is 895. The molecule has 0 spiro atoms. The summed E-state index contributed by atoms with van der Waals surface area (Å²) >= 11 is 0. The van der Waals surface area contributed by atoms with Gasteiger partial charge >= 0.3 is 6.55 Å². The summed E-state index contributed by atoms with van der Waals surface area (Å²) in [5, 5.41) is 9.34. The van der Waals surface area contributed by atoms with Crippen molar-refractivity contribution in [1.29, 1.82) is 0 Å². The summed E-state index contributed by atoms with van der Waals surface area (Å²) in [6, 6.07) is 4.93. The number of amides is 2. The molecule has 0 saturated carbocycles. The lowest BCUT2D eigenvalue weighted by Crippen LogP contribution is -2.29. The van der Waals surface area contributed by atoms with E-state index in [0.717, 1.165) is 5.56 Å². The number of benzene rings is 1. The van der Waals surface area contributed by atoms with Crippen molar-refractivity contribution in [1.82, 2.24) is 15.1 Å². The second-order valence-corrected chi connectivity index (χ2v) is 6.43. The molecule has 7 nitrogen and oxygen atoms in total. The summed E-state index contributed by atoms with van der Waals surface area (Å²) in [5.74, 6) is 0.0291. The van der Waals surface area contributed by atoms with Gasteiger partial charge < -0.3 is 15.4 Å². The van der Waals surface area contributed by atoms with Crippen LogP contribution in [0.15, 0.2) is 18.2 Å². The number of nitrogens with zero attached hydrogens (tertiary/aromatic N) is 2. The van der Waals surface area contributed by atoms with E-state index in [1.165, 1.54) is 6.92 Å². The summed E-state index contributed by atoms with van der Waals surface area (Å²) in [6.45, 7) is 2.15. The molecule has 0 fully saturated rings. The number of aryl methyl sites for hydroxylation is 1. The Balaban J connectivity index is 1.70. The van der Waals surface area contributed by atoms with E-state index < -0.39 is 6.55 Å². The number of anilines is 1. The maximum atomic E-state index is 12.9. The zero-order chi connectivity index (χ0) is 19.7. The monoisotopic (exact) mass is 378 g/mol. The van der Waals surface area contributed by atoms with Crippen LogP contribution in [0.5, 0.6) is 5.75 Å². The standard InChI is InChI=1S/C18H20F2N4O3/c1-9(12-4-5-15-14(6-12)22-17(26)8-27-15)21-16(25)7-13-10(2)23-24(11(13)3)18(19)20/h4-6,9,18H,7-8H2,1-3H3,(H,21,25)(H,22,26). The number of carbonyl (C=O) groups is 2. The van der Waals surface area contributed by atoms with Crippen LogP contribution in [0.2, 0.25) is 0 Å². The van der Waals surface area contributed by atoms with Crippen LogP contribution in [0.1, 0.15) is 42.0 Å². The van der Waals surface area contributed by atoms with Crippen molar-refractivity contribution in [3.8, 4) is 5.75 Å². The number of aromatic nitrogens is 2. The lowest BCUT2D eigenvalue weighted by molar-refractivity contribution is -0.121. The third kappa shape index (κ3) is 3.91. The van der Waals surface area contributed by atoms with Gasteiger partial charge in [-0.15, -0.1) is 0 Å². The number of nitrogens with one attached hydrogen (secondary N) is 2. The fraction of sp³-hybridized carbons (Fsp3) is 0.389. The van der Waals surface area contributed by atoms with Gasteiger partial charge in [0.2, 0.25) is 5.91 Å². The Morgan fingerprint density at radius 1 is 1.41 bits per heavy atom. The summed E-state index contributed by atoms with van der Waals surface area (Å²) in [4.78, 5) is 23.8. The van der Waals surface area contributed by atoms with E-state index in [2.05, 4.69) is 15.7 Å². The summed E-state index contributed by atoms with van der Waals surface area (Å²) < 4.78 is 31.8. The molecule has 0 bridgehead atoms. The lowest BCUT2D eigenvalue weighted by Gasteiger charge is -2.21. The Kier molecular flexibility index (Phi) is 5.11. The fourth-order valence-corrected chi connectivity index (χ4v) is 3.05. The summed E-state index contributed by atoms with van der Waals surface area (Å²) in [7, 11) is 0. The number of alkyl halides is 2. The molecule has 2 aromatic rings. The van der Waals surface area contributed by atoms with Gasteiger partial charge in [0.15, 0.2) is 6.61 Å². The molecule has 0 saturated heterocycles. The molecule has 1 aliphatic heterocycles. The molecule has 3 rings (SSSR count). The van der Waals surface area contributed by atoms with Crippen molar-refractivity contribution in [2.45, 2.75) is 39.8 Å². The number of rotatable bonds is 5. The van der Waals surface area contributed by atoms with E-state index >= 15 is 0 Å². The molecule has 1 atom stereocenters. The van der Waals surface area contributed by atoms with Crippen LogP contribution in [-0.4, -0.2) is 28.2 Å². The van der Waals surface area contributed by atoms with Crippen LogP contribution in [0.25, 0.3) is 0 Å². The zero-order valence-corrected chi connectivity index (χ0v) is 15.2. The molecule has 1 aromatic heterocycles. The minimum atomic E-state index is -2.74. The van der Waals surface area contributed by atoms with Gasteiger partial charge in [-0.2, -0.15) is 13.9 Å². The normalized spacial score (nSPS) is 14.4. The zero-order valence-electron chi connectivity index (χ0n) is 15.2. The van der Waals surface area contributed by atoms with Crippen LogP contribution in [-0.2, 0) is 16.0 Å². The molecule has 0 radical (unpaired) electrons. The van der Waals surface area contributed by atoms with Gasteiger partial charge in [0.05, 0.1) is 23.8 Å². The summed E-state index contributed by atoms with van der Waals surface area (Å²) in [6.07, 6.45) is -0.0421. The van der Waals surface area contributed by atoms with Gasteiger partial charge in [-0.1, -0.05) is 6.07 Å². The first-order valence-corrected chi connectivity index (χ1v) is 8.45. The molecule has 2 amide bonds. The molecule has 27 heavy (non-hydrogen) atoms. The first-order valence-electron chi connectivity index (χ1n) is 8.45. The highest BCUT2D eigenvalue weighted by molar-refractivity contribution is 5.95. The van der Waals surface area contributed by atoms with E-state index in [4.69, 9.17) is 4.74 Å². The second kappa shape index (κ2) is 7.34. The van der Waals surface area contributed by atoms with Gasteiger partial charge in [0.25, 0.3) is 5.91 Å². The van der Waals surface area contributed by atoms with E-state index in [9.17, 15) is 18.4 Å². The minimum Gasteiger partial charge on any atom is -0.482 e. The SMILES string of the molecule is Cc1nn(C(F)F)c(C)c1CC(=O)NC(C)c1ccc2c(c1)NC(=O)CO2. The van der Waals surface area contributed by atoms with E-state index in [-0.39, 0.29) is 36.6 Å². The van der Waals surface area contributed by atoms with Crippen LogP contribution in [0, 0.1) is 13.8 Å². The molecular formula is C18H20F2N4O3. The number of halogens is 2. The number of ether oxygens (including phenoxy) is 1. The number of carbonyl (C=O) groups excluding carboxylic acids is 2. The highest BCUT2D eigenvalue weighted by Gasteiger charge is 2.21. The van der Waals surface area contributed by atoms with Gasteiger partial charge in [-0.05, 0) is 38.5 Å². The van der Waals surface area contributed by atoms with Crippen molar-refractivity contribution >= 4 is 17.5 Å². The van der Waals surface area contributed by atoms with Crippen molar-refractivity contribution in [2.24, 2.45) is 0 Å². The van der Waals surface area contributed by atoms with Gasteiger partial charge in [0, 0.05) is 11.3 Å². The Labute approximate surface area is 154 Å². The van der Waals surface area contributed by atoms with Crippen LogP contribution >= 0.6 is 0 Å². The van der Waals surface area contributed by atoms with Gasteiger partial charge in [-0.25, -0.2) is 4.68 Å². The molecule has 2 N–H and O–H groups in total. The Hall–Kier alpha value is -2.97. The molecule has 0 aliphatic carbocycles. The topological polar surface area (TPSA) is 85.3 Å². The van der Waals surface area contributed by atoms with Crippen LogP contribution in [0.4, 0.5) is 14.5 Å². The van der Waals surface area contributed by atoms with E-state index in [1.54, 1.807) is 32.0 Å². The average Bonchev–Trinajstić information content (AvgIpc) is 2.89. The van der Waals surface area contributed by atoms with Gasteiger partial charge in [-0.3, -0.25) is 9.59 Å². The number of hydrogen-bond donors (Lipinski definition) is 2. The first kappa shape index (κ1) is 18.8. The molecule has 1 aromatic carbocycles. The molecule has 9 heteroatoms. The second-order valence-electron chi connectivity index (χ2n) is 6.43. The largest absolute Gasteiger partial charge is 0.482 e. The highest BCUT2D eigenvalue weighted by Crippen LogP contribution is 2.30. The molecular weight excluding hydrogens is 358 g/mol. The predicted octanol–water partition coefficient (Wildman–Crippen LogP) is 2.65. The Morgan fingerprint density at radius 3 is 2.81 bits per heavy atom. The van der Waals surface area contributed by atoms with Crippen molar-refractivity contribution < 1.29 is 23.1 Å². The third-order valence-electron chi connectivity index (χ3n) is 4.51. The third-order valence-corrected chi connectivity index (χ3v) is 4.51. The van der Waals surface area contributed by atoms with Crippen LogP contribution in [0.3, 0.4) is 0 Å². The highest BCUT2D eigenvalue weighted by atomic mass is 19.3. The van der Waals surface area contributed by atoms with Crippen molar-refractivity contribution in [2.75, 3.05) is 11.9 Å². The molecule has 144 valence electrons. The maximum absolute atomic E-state index is 12.9. The van der Waals surface area contributed by atoms with E-state index in [0.29, 0.717) is 27.4 Å². The van der Waals surface area contributed by atoms with Gasteiger partial charge in [0.1, 0.15) is 5.75 Å². The molecule has 2 heterocycles. The Morgan fingerprint density at radius 2 is 2.15 bits per heavy atom. The maximum Gasteiger partial charge on any atom is 0.333 e. The van der Waals surface area contributed by atoms with Crippen molar-refractivity contribution in [3.63, 3.8) is 0 Å².